The van der Waals surface area contributed by atoms with Gasteiger partial charge in [-0.25, -0.2) is 0 Å². The third-order valence-corrected chi connectivity index (χ3v) is 9.54. The molecule has 16 nitrogen and oxygen atoms in total. The number of hydrogen-bond donors (Lipinski definition) is 0. The predicted molar refractivity (Wildman–Crippen MR) is 182 cm³/mol. The summed E-state index contributed by atoms with van der Waals surface area (Å²) in [6.07, 6.45) is 0. The van der Waals surface area contributed by atoms with Crippen LogP contribution < -0.4 is 27.3 Å². The fourth-order valence-corrected chi connectivity index (χ4v) is 6.48. The van der Waals surface area contributed by atoms with Crippen molar-refractivity contribution in [3.8, 4) is 34.5 Å². The van der Waals surface area contributed by atoms with Gasteiger partial charge in [-0.3, -0.25) is 0 Å². The van der Waals surface area contributed by atoms with Crippen LogP contribution >= 0.6 is 0 Å². The van der Waals surface area contributed by atoms with Crippen LogP contribution in [-0.2, 0) is 48.7 Å². The summed E-state index contributed by atoms with van der Waals surface area (Å²) in [5.41, 5.74) is 0. The second kappa shape index (κ2) is 20.4. The molecule has 0 bridgehead atoms. The van der Waals surface area contributed by atoms with Gasteiger partial charge >= 0.3 is 20.2 Å². The molecular weight excluding hydrogens is 728 g/mol. The summed E-state index contributed by atoms with van der Waals surface area (Å²) in [4.78, 5) is -0.463. The van der Waals surface area contributed by atoms with Crippen LogP contribution in [0.3, 0.4) is 0 Å². The molecule has 2 aliphatic rings. The van der Waals surface area contributed by atoms with Crippen molar-refractivity contribution < 1.29 is 72.6 Å². The highest BCUT2D eigenvalue weighted by Gasteiger charge is 2.23. The zero-order valence-electron chi connectivity index (χ0n) is 28.4. The first-order chi connectivity index (χ1) is 25.3. The second-order valence-corrected chi connectivity index (χ2v) is 13.9. The van der Waals surface area contributed by atoms with E-state index >= 15 is 0 Å². The van der Waals surface area contributed by atoms with Crippen LogP contribution in [0.15, 0.2) is 70.5 Å². The summed E-state index contributed by atoms with van der Waals surface area (Å²) < 4.78 is 120. The Morgan fingerprint density at radius 1 is 0.365 bits per heavy atom. The lowest BCUT2D eigenvalue weighted by atomic mass is 10.3. The zero-order chi connectivity index (χ0) is 36.5. The van der Waals surface area contributed by atoms with Crippen molar-refractivity contribution in [3.63, 3.8) is 0 Å². The molecule has 0 radical (unpaired) electrons. The minimum Gasteiger partial charge on any atom is -0.487 e. The molecule has 0 amide bonds. The fourth-order valence-electron chi connectivity index (χ4n) is 4.61. The third kappa shape index (κ3) is 12.7. The van der Waals surface area contributed by atoms with Crippen molar-refractivity contribution in [2.75, 3.05) is 106 Å². The van der Waals surface area contributed by atoms with Crippen LogP contribution in [0.5, 0.6) is 34.5 Å². The van der Waals surface area contributed by atoms with E-state index < -0.39 is 20.2 Å². The highest BCUT2D eigenvalue weighted by atomic mass is 32.2. The molecule has 18 heteroatoms. The first kappa shape index (κ1) is 39.3. The van der Waals surface area contributed by atoms with E-state index in [1.54, 1.807) is 0 Å². The average molecular weight is 771 g/mol. The van der Waals surface area contributed by atoms with Gasteiger partial charge in [0.1, 0.15) is 47.7 Å². The Labute approximate surface area is 302 Å². The van der Waals surface area contributed by atoms with Gasteiger partial charge in [-0.2, -0.15) is 16.8 Å². The van der Waals surface area contributed by atoms with E-state index in [1.807, 2.05) is 0 Å². The van der Waals surface area contributed by atoms with Crippen LogP contribution in [0.25, 0.3) is 0 Å². The first-order valence-electron chi connectivity index (χ1n) is 16.5. The molecule has 2 heterocycles. The van der Waals surface area contributed by atoms with Gasteiger partial charge in [0.15, 0.2) is 23.0 Å². The summed E-state index contributed by atoms with van der Waals surface area (Å²) in [5, 5.41) is 0. The molecule has 286 valence electrons. The Kier molecular flexibility index (Phi) is 15.4. The minimum atomic E-state index is -4.43. The number of ether oxygens (including phenoxy) is 10. The summed E-state index contributed by atoms with van der Waals surface area (Å²) >= 11 is 0. The van der Waals surface area contributed by atoms with Crippen LogP contribution in [0, 0.1) is 0 Å². The normalized spacial score (nSPS) is 18.0. The Bertz CT molecular complexity index is 1640. The SMILES string of the molecule is O=S(=O)(Oc1cccc(OS(=O)(=O)c2ccc3c(c2)OCCOCCOCCOCCO3)c1)c1ccc2c(c1)OCCOCCOCCOCCO2. The zero-order valence-corrected chi connectivity index (χ0v) is 30.1. The van der Waals surface area contributed by atoms with Gasteiger partial charge in [0.05, 0.1) is 79.3 Å². The van der Waals surface area contributed by atoms with Crippen LogP contribution in [0.2, 0.25) is 0 Å². The van der Waals surface area contributed by atoms with Crippen molar-refractivity contribution in [1.29, 1.82) is 0 Å². The van der Waals surface area contributed by atoms with Gasteiger partial charge in [-0.05, 0) is 36.4 Å². The summed E-state index contributed by atoms with van der Waals surface area (Å²) in [5.74, 6) is 0.520. The van der Waals surface area contributed by atoms with E-state index in [0.29, 0.717) is 64.4 Å². The lowest BCUT2D eigenvalue weighted by molar-refractivity contribution is 0.00708. The average Bonchev–Trinajstić information content (AvgIpc) is 3.14. The van der Waals surface area contributed by atoms with Crippen molar-refractivity contribution in [2.24, 2.45) is 0 Å². The quantitative estimate of drug-likeness (QED) is 0.334. The van der Waals surface area contributed by atoms with E-state index in [4.69, 9.17) is 55.7 Å². The summed E-state index contributed by atoms with van der Waals surface area (Å²) in [7, 11) is -8.86. The fraction of sp³-hybridized carbons (Fsp3) is 0.471. The molecule has 0 aromatic heterocycles. The molecule has 0 spiro atoms. The molecule has 0 N–H and O–H groups in total. The number of rotatable bonds is 6. The first-order valence-corrected chi connectivity index (χ1v) is 19.4. The van der Waals surface area contributed by atoms with Gasteiger partial charge in [-0.15, -0.1) is 0 Å². The Hall–Kier alpha value is -3.88. The van der Waals surface area contributed by atoms with Crippen molar-refractivity contribution in [3.05, 3.63) is 60.7 Å². The monoisotopic (exact) mass is 770 g/mol. The van der Waals surface area contributed by atoms with E-state index in [-0.39, 0.29) is 85.6 Å². The molecule has 0 atom stereocenters. The maximum absolute atomic E-state index is 13.3. The Morgan fingerprint density at radius 2 is 0.673 bits per heavy atom. The largest absolute Gasteiger partial charge is 0.487 e. The van der Waals surface area contributed by atoms with Crippen LogP contribution in [0.4, 0.5) is 0 Å². The topological polar surface area (TPSA) is 179 Å². The highest BCUT2D eigenvalue weighted by molar-refractivity contribution is 7.87. The van der Waals surface area contributed by atoms with Crippen molar-refractivity contribution in [1.82, 2.24) is 0 Å². The Balaban J connectivity index is 1.27. The molecule has 2 aliphatic heterocycles. The number of fused-ring (bicyclic) bond motifs is 2. The van der Waals surface area contributed by atoms with E-state index in [1.165, 1.54) is 54.6 Å². The molecule has 52 heavy (non-hydrogen) atoms. The lowest BCUT2D eigenvalue weighted by Gasteiger charge is -2.15. The second-order valence-electron chi connectivity index (χ2n) is 10.8. The Morgan fingerprint density at radius 3 is 1.02 bits per heavy atom. The van der Waals surface area contributed by atoms with Gasteiger partial charge in [0.25, 0.3) is 0 Å². The van der Waals surface area contributed by atoms with E-state index in [2.05, 4.69) is 0 Å². The minimum absolute atomic E-state index is 0.119. The maximum atomic E-state index is 13.3. The lowest BCUT2D eigenvalue weighted by Crippen LogP contribution is -2.14. The molecule has 0 saturated heterocycles. The maximum Gasteiger partial charge on any atom is 0.339 e. The molecular formula is C34H42O16S2. The van der Waals surface area contributed by atoms with E-state index in [9.17, 15) is 16.8 Å². The smallest absolute Gasteiger partial charge is 0.339 e. The van der Waals surface area contributed by atoms with Crippen LogP contribution in [0.1, 0.15) is 0 Å². The summed E-state index contributed by atoms with van der Waals surface area (Å²) in [6, 6.07) is 13.3. The molecule has 0 saturated carbocycles. The van der Waals surface area contributed by atoms with Crippen molar-refractivity contribution in [2.45, 2.75) is 9.79 Å². The van der Waals surface area contributed by atoms with E-state index in [0.717, 1.165) is 6.07 Å². The molecule has 3 aromatic rings. The number of benzene rings is 3. The van der Waals surface area contributed by atoms with Gasteiger partial charge in [-0.1, -0.05) is 6.07 Å². The molecule has 0 fully saturated rings. The van der Waals surface area contributed by atoms with Gasteiger partial charge in [0.2, 0.25) is 0 Å². The molecule has 0 unspecified atom stereocenters. The number of hydrogen-bond acceptors (Lipinski definition) is 16. The molecule has 5 rings (SSSR count). The van der Waals surface area contributed by atoms with Crippen molar-refractivity contribution >= 4 is 20.2 Å². The third-order valence-electron chi connectivity index (χ3n) is 7.05. The molecule has 0 aliphatic carbocycles. The van der Waals surface area contributed by atoms with Gasteiger partial charge in [0, 0.05) is 18.2 Å². The molecule has 3 aromatic carbocycles. The predicted octanol–water partition coefficient (Wildman–Crippen LogP) is 2.86. The highest BCUT2D eigenvalue weighted by Crippen LogP contribution is 2.34. The standard InChI is InChI=1S/C34H42O16S2/c35-51(36,29-4-6-31-33(25-29)47-22-18-43-14-10-39-8-12-41-16-20-45-31)49-27-2-1-3-28(24-27)50-52(37,38)30-5-7-32-34(26-30)48-23-19-44-15-11-40-9-13-42-17-21-46-32/h1-7,24-26H,8-23H2. The van der Waals surface area contributed by atoms with Gasteiger partial charge < -0.3 is 55.7 Å². The van der Waals surface area contributed by atoms with Crippen LogP contribution in [-0.4, -0.2) is 123 Å². The summed E-state index contributed by atoms with van der Waals surface area (Å²) in [6.45, 7) is 4.80.